The van der Waals surface area contributed by atoms with Crippen LogP contribution in [0.25, 0.3) is 16.9 Å². The summed E-state index contributed by atoms with van der Waals surface area (Å²) in [6.45, 7) is -2.96. The number of non-ortho nitro benzene ring substituents is 1. The number of nitro groups is 1. The minimum Gasteiger partial charge on any atom is -0.435 e. The van der Waals surface area contributed by atoms with Crippen molar-refractivity contribution in [2.24, 2.45) is 0 Å². The first-order valence-electron chi connectivity index (χ1n) is 9.60. The molecule has 0 aliphatic heterocycles. The Morgan fingerprint density at radius 2 is 2.03 bits per heavy atom. The van der Waals surface area contributed by atoms with Gasteiger partial charge in [-0.05, 0) is 24.3 Å². The zero-order valence-electron chi connectivity index (χ0n) is 17.1. The number of amides is 1. The molecule has 2 aromatic carbocycles. The van der Waals surface area contributed by atoms with Gasteiger partial charge in [0.05, 0.1) is 22.6 Å². The molecule has 0 unspecified atom stereocenters. The van der Waals surface area contributed by atoms with E-state index in [4.69, 9.17) is 0 Å². The molecule has 9 nitrogen and oxygen atoms in total. The fourth-order valence-corrected chi connectivity index (χ4v) is 4.35. The Morgan fingerprint density at radius 3 is 2.71 bits per heavy atom. The van der Waals surface area contributed by atoms with Crippen molar-refractivity contribution in [3.05, 3.63) is 76.4 Å². The van der Waals surface area contributed by atoms with Gasteiger partial charge in [0.1, 0.15) is 5.75 Å². The van der Waals surface area contributed by atoms with Gasteiger partial charge in [0.15, 0.2) is 10.3 Å². The number of imidazole rings is 1. The van der Waals surface area contributed by atoms with E-state index in [1.54, 1.807) is 40.4 Å². The lowest BCUT2D eigenvalue weighted by molar-refractivity contribution is -0.384. The van der Waals surface area contributed by atoms with Crippen molar-refractivity contribution in [1.82, 2.24) is 14.5 Å². The van der Waals surface area contributed by atoms with Crippen LogP contribution in [0.1, 0.15) is 0 Å². The first-order chi connectivity index (χ1) is 16.4. The number of thioether (sulfide) groups is 1. The molecule has 4 rings (SSSR count). The van der Waals surface area contributed by atoms with Gasteiger partial charge in [0, 0.05) is 35.0 Å². The number of halogens is 2. The number of benzene rings is 2. The van der Waals surface area contributed by atoms with Crippen molar-refractivity contribution >= 4 is 39.8 Å². The zero-order valence-corrected chi connectivity index (χ0v) is 18.8. The average Bonchev–Trinajstić information content (AvgIpc) is 3.48. The summed E-state index contributed by atoms with van der Waals surface area (Å²) >= 11 is 2.43. The molecular formula is C21H15F2N5O4S2. The molecule has 2 heterocycles. The molecule has 0 bridgehead atoms. The van der Waals surface area contributed by atoms with Gasteiger partial charge in [0.25, 0.3) is 5.69 Å². The molecule has 0 fully saturated rings. The van der Waals surface area contributed by atoms with Gasteiger partial charge >= 0.3 is 6.61 Å². The maximum atomic E-state index is 12.5. The average molecular weight is 504 g/mol. The number of nitrogens with zero attached hydrogens (tertiary/aromatic N) is 4. The lowest BCUT2D eigenvalue weighted by Crippen LogP contribution is -2.14. The quantitative estimate of drug-likeness (QED) is 0.189. The lowest BCUT2D eigenvalue weighted by Gasteiger charge is -2.13. The summed E-state index contributed by atoms with van der Waals surface area (Å²) in [4.78, 5) is 31.4. The van der Waals surface area contributed by atoms with Crippen LogP contribution in [-0.4, -0.2) is 37.7 Å². The molecule has 0 atom stereocenters. The van der Waals surface area contributed by atoms with Crippen LogP contribution >= 0.6 is 23.1 Å². The van der Waals surface area contributed by atoms with Gasteiger partial charge in [-0.25, -0.2) is 9.97 Å². The first kappa shape index (κ1) is 23.3. The number of carbonyl (C=O) groups excluding carboxylic acids is 1. The second kappa shape index (κ2) is 10.4. The Kier molecular flexibility index (Phi) is 7.13. The number of carbonyl (C=O) groups is 1. The van der Waals surface area contributed by atoms with Crippen LogP contribution in [0, 0.1) is 10.1 Å². The Hall–Kier alpha value is -3.84. The van der Waals surface area contributed by atoms with Crippen LogP contribution in [0.2, 0.25) is 0 Å². The third-order valence-corrected chi connectivity index (χ3v) is 6.05. The van der Waals surface area contributed by atoms with Crippen LogP contribution in [0.15, 0.2) is 71.5 Å². The Labute approximate surface area is 199 Å². The van der Waals surface area contributed by atoms with E-state index in [1.165, 1.54) is 41.8 Å². The highest BCUT2D eigenvalue weighted by Crippen LogP contribution is 2.32. The second-order valence-corrected chi connectivity index (χ2v) is 8.45. The maximum absolute atomic E-state index is 12.5. The molecule has 1 amide bonds. The summed E-state index contributed by atoms with van der Waals surface area (Å²) < 4.78 is 31.1. The Bertz CT molecular complexity index is 1300. The van der Waals surface area contributed by atoms with Crippen LogP contribution in [0.3, 0.4) is 0 Å². The standard InChI is InChI=1S/C21H15F2N5O4S2/c22-19(23)32-16-6-4-14(5-7-16)27-17(13-2-1-3-15(10-13)28(30)31)11-25-21(27)34-12-18(29)26-20-24-8-9-33-20/h1-11,19H,12H2,(H,24,26,29). The van der Waals surface area contributed by atoms with Crippen LogP contribution in [-0.2, 0) is 4.79 Å². The number of nitro benzene ring substituents is 1. The van der Waals surface area contributed by atoms with Crippen molar-refractivity contribution in [3.8, 4) is 22.7 Å². The largest absolute Gasteiger partial charge is 0.435 e. The maximum Gasteiger partial charge on any atom is 0.387 e. The number of rotatable bonds is 9. The molecule has 13 heteroatoms. The van der Waals surface area contributed by atoms with Gasteiger partial charge in [-0.1, -0.05) is 23.9 Å². The molecule has 174 valence electrons. The van der Waals surface area contributed by atoms with Crippen molar-refractivity contribution in [2.45, 2.75) is 11.8 Å². The van der Waals surface area contributed by atoms with Crippen molar-refractivity contribution in [1.29, 1.82) is 0 Å². The Balaban J connectivity index is 1.66. The lowest BCUT2D eigenvalue weighted by atomic mass is 10.1. The normalized spacial score (nSPS) is 10.9. The SMILES string of the molecule is O=C(CSc1ncc(-c2cccc([N+](=O)[O-])c2)n1-c1ccc(OC(F)F)cc1)Nc1nccs1. The number of thiazole rings is 1. The molecule has 34 heavy (non-hydrogen) atoms. The summed E-state index contributed by atoms with van der Waals surface area (Å²) in [5.74, 6) is -0.280. The molecule has 0 saturated carbocycles. The molecular weight excluding hydrogens is 488 g/mol. The van der Waals surface area contributed by atoms with E-state index >= 15 is 0 Å². The third kappa shape index (κ3) is 5.55. The zero-order chi connectivity index (χ0) is 24.1. The van der Waals surface area contributed by atoms with Crippen LogP contribution < -0.4 is 10.1 Å². The molecule has 0 spiro atoms. The highest BCUT2D eigenvalue weighted by molar-refractivity contribution is 7.99. The van der Waals surface area contributed by atoms with Gasteiger partial charge in [-0.3, -0.25) is 19.5 Å². The van der Waals surface area contributed by atoms with Crippen molar-refractivity contribution < 1.29 is 23.2 Å². The molecule has 0 saturated heterocycles. The number of hydrogen-bond donors (Lipinski definition) is 1. The molecule has 4 aromatic rings. The highest BCUT2D eigenvalue weighted by Gasteiger charge is 2.18. The van der Waals surface area contributed by atoms with Crippen LogP contribution in [0.5, 0.6) is 5.75 Å². The first-order valence-corrected chi connectivity index (χ1v) is 11.5. The van der Waals surface area contributed by atoms with E-state index in [9.17, 15) is 23.7 Å². The van der Waals surface area contributed by atoms with Gasteiger partial charge in [-0.15, -0.1) is 11.3 Å². The topological polar surface area (TPSA) is 112 Å². The highest BCUT2D eigenvalue weighted by atomic mass is 32.2. The van der Waals surface area contributed by atoms with E-state index in [-0.39, 0.29) is 23.1 Å². The third-order valence-electron chi connectivity index (χ3n) is 4.41. The van der Waals surface area contributed by atoms with E-state index in [0.29, 0.717) is 27.2 Å². The van der Waals surface area contributed by atoms with Crippen molar-refractivity contribution in [3.63, 3.8) is 0 Å². The predicted octanol–water partition coefficient (Wildman–Crippen LogP) is 5.24. The number of ether oxygens (including phenoxy) is 1. The van der Waals surface area contributed by atoms with Gasteiger partial charge in [0.2, 0.25) is 5.91 Å². The van der Waals surface area contributed by atoms with E-state index in [0.717, 1.165) is 11.8 Å². The van der Waals surface area contributed by atoms with E-state index in [1.807, 2.05) is 0 Å². The molecule has 2 aromatic heterocycles. The number of hydrogen-bond acceptors (Lipinski definition) is 8. The second-order valence-electron chi connectivity index (χ2n) is 6.62. The van der Waals surface area contributed by atoms with Gasteiger partial charge in [-0.2, -0.15) is 8.78 Å². The molecule has 1 N–H and O–H groups in total. The number of anilines is 1. The number of aromatic nitrogens is 3. The minimum atomic E-state index is -2.96. The monoisotopic (exact) mass is 503 g/mol. The summed E-state index contributed by atoms with van der Waals surface area (Å²) in [6, 6.07) is 11.9. The molecule has 0 aliphatic carbocycles. The smallest absolute Gasteiger partial charge is 0.387 e. The molecule has 0 radical (unpaired) electrons. The van der Waals surface area contributed by atoms with E-state index < -0.39 is 11.5 Å². The fraction of sp³-hybridized carbons (Fsp3) is 0.0952. The fourth-order valence-electron chi connectivity index (χ4n) is 3.02. The van der Waals surface area contributed by atoms with Crippen molar-refractivity contribution in [2.75, 3.05) is 11.1 Å². The number of nitrogens with one attached hydrogen (secondary N) is 1. The van der Waals surface area contributed by atoms with Crippen LogP contribution in [0.4, 0.5) is 19.6 Å². The summed E-state index contributed by atoms with van der Waals surface area (Å²) in [7, 11) is 0. The van der Waals surface area contributed by atoms with E-state index in [2.05, 4.69) is 20.0 Å². The Morgan fingerprint density at radius 1 is 1.24 bits per heavy atom. The van der Waals surface area contributed by atoms with Gasteiger partial charge < -0.3 is 10.1 Å². The molecule has 0 aliphatic rings. The minimum absolute atomic E-state index is 0.0206. The number of alkyl halides is 2. The predicted molar refractivity (Wildman–Crippen MR) is 124 cm³/mol. The summed E-state index contributed by atoms with van der Waals surface area (Å²) in [5, 5.41) is 16.6. The summed E-state index contributed by atoms with van der Waals surface area (Å²) in [6.07, 6.45) is 3.11. The summed E-state index contributed by atoms with van der Waals surface area (Å²) in [5.41, 5.74) is 1.49.